The predicted octanol–water partition coefficient (Wildman–Crippen LogP) is 2.84. The Kier molecular flexibility index (Phi) is 6.22. The lowest BCUT2D eigenvalue weighted by molar-refractivity contribution is -0.383. The lowest BCUT2D eigenvalue weighted by atomic mass is 10.1. The van der Waals surface area contributed by atoms with Crippen molar-refractivity contribution in [3.63, 3.8) is 0 Å². The second kappa shape index (κ2) is 8.77. The summed E-state index contributed by atoms with van der Waals surface area (Å²) >= 11 is 0. The van der Waals surface area contributed by atoms with Gasteiger partial charge in [-0.25, -0.2) is 4.79 Å². The Bertz CT molecular complexity index is 962. The number of hydrogen-bond acceptors (Lipinski definition) is 7. The predicted molar refractivity (Wildman–Crippen MR) is 96.8 cm³/mol. The van der Waals surface area contributed by atoms with Crippen LogP contribution in [0.3, 0.4) is 0 Å². The minimum atomic E-state index is -0.838. The van der Waals surface area contributed by atoms with E-state index < -0.39 is 16.8 Å². The zero-order valence-electron chi connectivity index (χ0n) is 14.1. The molecule has 0 aromatic heterocycles. The van der Waals surface area contributed by atoms with E-state index in [1.807, 2.05) is 0 Å². The molecule has 2 aromatic rings. The molecule has 0 aliphatic carbocycles. The van der Waals surface area contributed by atoms with Gasteiger partial charge in [-0.1, -0.05) is 24.3 Å². The van der Waals surface area contributed by atoms with Gasteiger partial charge >= 0.3 is 5.97 Å². The summed E-state index contributed by atoms with van der Waals surface area (Å²) in [5.41, 5.74) is -0.133. The van der Waals surface area contributed by atoms with Crippen LogP contribution in [0, 0.1) is 21.4 Å². The number of anilines is 2. The van der Waals surface area contributed by atoms with Crippen LogP contribution < -0.4 is 10.6 Å². The number of nitro benzene ring substituents is 1. The number of ether oxygens (including phenoxy) is 1. The summed E-state index contributed by atoms with van der Waals surface area (Å²) in [6.45, 7) is 0. The normalized spacial score (nSPS) is 10.4. The van der Waals surface area contributed by atoms with Crippen molar-refractivity contribution < 1.29 is 19.2 Å². The van der Waals surface area contributed by atoms with Gasteiger partial charge in [0, 0.05) is 12.3 Å². The van der Waals surface area contributed by atoms with Crippen molar-refractivity contribution in [3.05, 3.63) is 76.0 Å². The third-order valence-corrected chi connectivity index (χ3v) is 3.42. The van der Waals surface area contributed by atoms with Crippen molar-refractivity contribution in [2.45, 2.75) is 0 Å². The molecular weight excluding hydrogens is 352 g/mol. The number of hydrogen-bond donors (Lipinski definition) is 2. The molecule has 0 bridgehead atoms. The number of nitrogens with zero attached hydrogens (tertiary/aromatic N) is 2. The number of amides is 1. The van der Waals surface area contributed by atoms with Crippen molar-refractivity contribution in [1.29, 1.82) is 5.26 Å². The van der Waals surface area contributed by atoms with Crippen LogP contribution in [-0.2, 0) is 9.53 Å². The molecule has 1 amide bonds. The first kappa shape index (κ1) is 19.1. The summed E-state index contributed by atoms with van der Waals surface area (Å²) in [7, 11) is 1.23. The summed E-state index contributed by atoms with van der Waals surface area (Å²) in [5, 5.41) is 25.2. The minimum Gasteiger partial charge on any atom is -0.465 e. The van der Waals surface area contributed by atoms with Gasteiger partial charge in [0.1, 0.15) is 17.3 Å². The van der Waals surface area contributed by atoms with Gasteiger partial charge in [0.15, 0.2) is 0 Å². The van der Waals surface area contributed by atoms with Crippen molar-refractivity contribution in [3.8, 4) is 6.07 Å². The topological polar surface area (TPSA) is 134 Å². The minimum absolute atomic E-state index is 0.0383. The highest BCUT2D eigenvalue weighted by molar-refractivity contribution is 6.07. The third-order valence-electron chi connectivity index (χ3n) is 3.42. The van der Waals surface area contributed by atoms with E-state index in [0.717, 1.165) is 6.20 Å². The van der Waals surface area contributed by atoms with E-state index in [-0.39, 0.29) is 22.5 Å². The average molecular weight is 366 g/mol. The molecule has 0 unspecified atom stereocenters. The first-order chi connectivity index (χ1) is 13.0. The van der Waals surface area contributed by atoms with Crippen molar-refractivity contribution >= 4 is 28.9 Å². The molecule has 27 heavy (non-hydrogen) atoms. The Hall–Kier alpha value is -4.19. The first-order valence-electron chi connectivity index (χ1n) is 7.57. The molecule has 9 nitrogen and oxygen atoms in total. The Morgan fingerprint density at radius 2 is 1.78 bits per heavy atom. The molecule has 0 heterocycles. The summed E-state index contributed by atoms with van der Waals surface area (Å²) in [4.78, 5) is 34.4. The summed E-state index contributed by atoms with van der Waals surface area (Å²) < 4.78 is 4.66. The standard InChI is InChI=1S/C18H14N4O5/c1-27-18(24)13-6-2-3-7-14(13)20-11-12(10-19)17(23)21-15-8-4-5-9-16(15)22(25)26/h2-9,11,20H,1H3,(H,21,23)/b12-11-. The zero-order chi connectivity index (χ0) is 19.8. The van der Waals surface area contributed by atoms with Gasteiger partial charge in [-0.2, -0.15) is 5.26 Å². The molecule has 0 fully saturated rings. The van der Waals surface area contributed by atoms with Gasteiger partial charge in [0.05, 0.1) is 23.3 Å². The largest absolute Gasteiger partial charge is 0.465 e. The SMILES string of the molecule is COC(=O)c1ccccc1N/C=C(/C#N)C(=O)Nc1ccccc1[N+](=O)[O-]. The second-order valence-corrected chi connectivity index (χ2v) is 5.08. The summed E-state index contributed by atoms with van der Waals surface area (Å²) in [5.74, 6) is -1.43. The van der Waals surface area contributed by atoms with Crippen LogP contribution in [0.4, 0.5) is 17.1 Å². The lowest BCUT2D eigenvalue weighted by Crippen LogP contribution is -2.16. The van der Waals surface area contributed by atoms with E-state index in [0.29, 0.717) is 5.69 Å². The van der Waals surface area contributed by atoms with E-state index in [1.165, 1.54) is 37.4 Å². The molecule has 0 spiro atoms. The Balaban J connectivity index is 2.23. The number of nitriles is 1. The van der Waals surface area contributed by atoms with Crippen molar-refractivity contribution in [1.82, 2.24) is 0 Å². The van der Waals surface area contributed by atoms with Crippen molar-refractivity contribution in [2.24, 2.45) is 0 Å². The number of benzene rings is 2. The molecule has 0 saturated carbocycles. The van der Waals surface area contributed by atoms with Crippen molar-refractivity contribution in [2.75, 3.05) is 17.7 Å². The van der Waals surface area contributed by atoms with Crippen LogP contribution in [0.15, 0.2) is 60.3 Å². The fourth-order valence-corrected chi connectivity index (χ4v) is 2.12. The Morgan fingerprint density at radius 3 is 2.41 bits per heavy atom. The van der Waals surface area contributed by atoms with E-state index in [2.05, 4.69) is 15.4 Å². The molecule has 0 aliphatic heterocycles. The van der Waals surface area contributed by atoms with Crippen LogP contribution >= 0.6 is 0 Å². The van der Waals surface area contributed by atoms with Gasteiger partial charge in [-0.05, 0) is 18.2 Å². The van der Waals surface area contributed by atoms with E-state index in [1.54, 1.807) is 24.3 Å². The number of rotatable bonds is 6. The van der Waals surface area contributed by atoms with Gasteiger partial charge in [-0.3, -0.25) is 14.9 Å². The number of nitro groups is 1. The molecular formula is C18H14N4O5. The third kappa shape index (κ3) is 4.67. The number of carbonyl (C=O) groups is 2. The molecule has 2 rings (SSSR count). The van der Waals surface area contributed by atoms with Gasteiger partial charge in [0.25, 0.3) is 11.6 Å². The maximum absolute atomic E-state index is 12.3. The highest BCUT2D eigenvalue weighted by atomic mass is 16.6. The van der Waals surface area contributed by atoms with Gasteiger partial charge in [-0.15, -0.1) is 0 Å². The van der Waals surface area contributed by atoms with E-state index in [9.17, 15) is 25.0 Å². The second-order valence-electron chi connectivity index (χ2n) is 5.08. The quantitative estimate of drug-likeness (QED) is 0.264. The van der Waals surface area contributed by atoms with E-state index >= 15 is 0 Å². The maximum atomic E-state index is 12.3. The number of esters is 1. The van der Waals surface area contributed by atoms with E-state index in [4.69, 9.17) is 0 Å². The lowest BCUT2D eigenvalue weighted by Gasteiger charge is -2.08. The van der Waals surface area contributed by atoms with Crippen LogP contribution in [0.5, 0.6) is 0 Å². The monoisotopic (exact) mass is 366 g/mol. The first-order valence-corrected chi connectivity index (χ1v) is 7.57. The number of para-hydroxylation sites is 3. The average Bonchev–Trinajstić information content (AvgIpc) is 2.68. The molecule has 0 atom stereocenters. The highest BCUT2D eigenvalue weighted by Gasteiger charge is 2.17. The summed E-state index contributed by atoms with van der Waals surface area (Å²) in [6.07, 6.45) is 1.10. The van der Waals surface area contributed by atoms with Gasteiger partial charge < -0.3 is 15.4 Å². The molecule has 9 heteroatoms. The van der Waals surface area contributed by atoms with Crippen LogP contribution in [0.2, 0.25) is 0 Å². The molecule has 0 saturated heterocycles. The molecule has 136 valence electrons. The number of methoxy groups -OCH3 is 1. The number of carbonyl (C=O) groups excluding carboxylic acids is 2. The fraction of sp³-hybridized carbons (Fsp3) is 0.0556. The zero-order valence-corrected chi connectivity index (χ0v) is 14.1. The molecule has 2 aromatic carbocycles. The Morgan fingerprint density at radius 1 is 1.15 bits per heavy atom. The number of nitrogens with one attached hydrogen (secondary N) is 2. The maximum Gasteiger partial charge on any atom is 0.339 e. The summed E-state index contributed by atoms with van der Waals surface area (Å²) in [6, 6.07) is 13.6. The smallest absolute Gasteiger partial charge is 0.339 e. The van der Waals surface area contributed by atoms with Crippen LogP contribution in [0.1, 0.15) is 10.4 Å². The highest BCUT2D eigenvalue weighted by Crippen LogP contribution is 2.23. The molecule has 0 aliphatic rings. The van der Waals surface area contributed by atoms with Crippen LogP contribution in [0.25, 0.3) is 0 Å². The van der Waals surface area contributed by atoms with Crippen LogP contribution in [-0.4, -0.2) is 23.9 Å². The molecule has 0 radical (unpaired) electrons. The fourth-order valence-electron chi connectivity index (χ4n) is 2.12. The van der Waals surface area contributed by atoms with Gasteiger partial charge in [0.2, 0.25) is 0 Å². The molecule has 2 N–H and O–H groups in total. The Labute approximate surface area is 154 Å².